The summed E-state index contributed by atoms with van der Waals surface area (Å²) < 4.78 is 19.6. The first-order valence-corrected chi connectivity index (χ1v) is 6.21. The van der Waals surface area contributed by atoms with Crippen molar-refractivity contribution in [3.05, 3.63) is 52.8 Å². The van der Waals surface area contributed by atoms with Gasteiger partial charge in [-0.1, -0.05) is 24.3 Å². The van der Waals surface area contributed by atoms with E-state index in [1.807, 2.05) is 32.0 Å². The smallest absolute Gasteiger partial charge is 0.131 e. The normalized spacial score (nSPS) is 10.6. The van der Waals surface area contributed by atoms with E-state index >= 15 is 0 Å². The molecule has 2 aromatic carbocycles. The Balaban J connectivity index is 2.62. The second kappa shape index (κ2) is 5.41. The maximum Gasteiger partial charge on any atom is 0.131 e. The average molecular weight is 259 g/mol. The summed E-state index contributed by atoms with van der Waals surface area (Å²) in [6.07, 6.45) is 0. The van der Waals surface area contributed by atoms with Crippen LogP contribution in [0, 0.1) is 19.7 Å². The zero-order valence-corrected chi connectivity index (χ0v) is 11.5. The van der Waals surface area contributed by atoms with Crippen molar-refractivity contribution in [2.24, 2.45) is 5.73 Å². The number of ether oxygens (including phenoxy) is 1. The van der Waals surface area contributed by atoms with E-state index in [9.17, 15) is 4.39 Å². The van der Waals surface area contributed by atoms with Gasteiger partial charge in [0.05, 0.1) is 7.11 Å². The van der Waals surface area contributed by atoms with E-state index in [1.54, 1.807) is 13.2 Å². The number of hydrogen-bond acceptors (Lipinski definition) is 2. The molecule has 0 atom stereocenters. The number of rotatable bonds is 3. The molecule has 2 N–H and O–H groups in total. The molecule has 0 radical (unpaired) electrons. The quantitative estimate of drug-likeness (QED) is 0.914. The predicted molar refractivity (Wildman–Crippen MR) is 75.8 cm³/mol. The van der Waals surface area contributed by atoms with Crippen LogP contribution in [0.2, 0.25) is 0 Å². The zero-order valence-electron chi connectivity index (χ0n) is 11.5. The average Bonchev–Trinajstić information content (AvgIpc) is 2.42. The van der Waals surface area contributed by atoms with Gasteiger partial charge in [0.1, 0.15) is 11.6 Å². The first kappa shape index (κ1) is 13.6. The van der Waals surface area contributed by atoms with Crippen molar-refractivity contribution in [1.29, 1.82) is 0 Å². The summed E-state index contributed by atoms with van der Waals surface area (Å²) in [5.74, 6) is 0.448. The third kappa shape index (κ3) is 2.47. The van der Waals surface area contributed by atoms with Crippen molar-refractivity contribution in [3.63, 3.8) is 0 Å². The zero-order chi connectivity index (χ0) is 14.0. The molecule has 100 valence electrons. The number of halogens is 1. The van der Waals surface area contributed by atoms with Crippen LogP contribution >= 0.6 is 0 Å². The van der Waals surface area contributed by atoms with Gasteiger partial charge >= 0.3 is 0 Å². The van der Waals surface area contributed by atoms with Gasteiger partial charge < -0.3 is 10.5 Å². The number of aryl methyl sites for hydroxylation is 1. The van der Waals surface area contributed by atoms with Gasteiger partial charge in [0.15, 0.2) is 0 Å². The molecule has 0 aromatic heterocycles. The lowest BCUT2D eigenvalue weighted by atomic mass is 9.97. The van der Waals surface area contributed by atoms with Crippen molar-refractivity contribution >= 4 is 0 Å². The Morgan fingerprint density at radius 3 is 2.37 bits per heavy atom. The second-order valence-corrected chi connectivity index (χ2v) is 4.61. The fourth-order valence-corrected chi connectivity index (χ4v) is 2.17. The predicted octanol–water partition coefficient (Wildman–Crippen LogP) is 3.58. The minimum absolute atomic E-state index is 0.274. The molecule has 2 nitrogen and oxygen atoms in total. The third-order valence-electron chi connectivity index (χ3n) is 3.44. The lowest BCUT2D eigenvalue weighted by molar-refractivity contribution is 0.412. The van der Waals surface area contributed by atoms with Gasteiger partial charge in [-0.05, 0) is 36.6 Å². The molecule has 0 saturated carbocycles. The molecule has 0 spiro atoms. The van der Waals surface area contributed by atoms with Gasteiger partial charge in [-0.2, -0.15) is 0 Å². The molecule has 0 unspecified atom stereocenters. The molecule has 3 heteroatoms. The van der Waals surface area contributed by atoms with Gasteiger partial charge in [0.25, 0.3) is 0 Å². The van der Waals surface area contributed by atoms with Crippen molar-refractivity contribution < 1.29 is 9.13 Å². The number of benzene rings is 2. The maximum atomic E-state index is 14.2. The van der Waals surface area contributed by atoms with E-state index in [4.69, 9.17) is 10.5 Å². The molecule has 0 fully saturated rings. The Kier molecular flexibility index (Phi) is 3.86. The first-order chi connectivity index (χ1) is 9.08. The lowest BCUT2D eigenvalue weighted by Crippen LogP contribution is -1.99. The summed E-state index contributed by atoms with van der Waals surface area (Å²) in [6, 6.07) is 8.94. The Morgan fingerprint density at radius 2 is 1.79 bits per heavy atom. The van der Waals surface area contributed by atoms with Crippen molar-refractivity contribution in [2.45, 2.75) is 20.4 Å². The van der Waals surface area contributed by atoms with Crippen LogP contribution in [0.25, 0.3) is 11.1 Å². The minimum atomic E-state index is -0.274. The highest BCUT2D eigenvalue weighted by Crippen LogP contribution is 2.36. The summed E-state index contributed by atoms with van der Waals surface area (Å²) in [4.78, 5) is 0. The summed E-state index contributed by atoms with van der Waals surface area (Å²) in [7, 11) is 1.61. The van der Waals surface area contributed by atoms with E-state index in [1.165, 1.54) is 6.07 Å². The van der Waals surface area contributed by atoms with Gasteiger partial charge in [-0.3, -0.25) is 0 Å². The SMILES string of the molecule is COc1c(-c2ccc(CN)cc2F)ccc(C)c1C. The van der Waals surface area contributed by atoms with Crippen LogP contribution < -0.4 is 10.5 Å². The summed E-state index contributed by atoms with van der Waals surface area (Å²) in [6.45, 7) is 4.32. The molecular weight excluding hydrogens is 241 g/mol. The van der Waals surface area contributed by atoms with Gasteiger partial charge in [-0.15, -0.1) is 0 Å². The summed E-state index contributed by atoms with van der Waals surface area (Å²) >= 11 is 0. The van der Waals surface area contributed by atoms with E-state index in [0.29, 0.717) is 12.1 Å². The van der Waals surface area contributed by atoms with Crippen LogP contribution in [0.5, 0.6) is 5.75 Å². The van der Waals surface area contributed by atoms with Crippen LogP contribution in [0.3, 0.4) is 0 Å². The highest BCUT2D eigenvalue weighted by molar-refractivity contribution is 5.73. The largest absolute Gasteiger partial charge is 0.496 e. The van der Waals surface area contributed by atoms with Crippen molar-refractivity contribution in [3.8, 4) is 16.9 Å². The molecule has 0 aliphatic carbocycles. The minimum Gasteiger partial charge on any atom is -0.496 e. The molecule has 0 heterocycles. The van der Waals surface area contributed by atoms with Gasteiger partial charge in [-0.25, -0.2) is 4.39 Å². The van der Waals surface area contributed by atoms with Crippen LogP contribution in [0.15, 0.2) is 30.3 Å². The Hall–Kier alpha value is -1.87. The van der Waals surface area contributed by atoms with Crippen LogP contribution in [0.1, 0.15) is 16.7 Å². The first-order valence-electron chi connectivity index (χ1n) is 6.21. The Labute approximate surface area is 113 Å². The monoisotopic (exact) mass is 259 g/mol. The second-order valence-electron chi connectivity index (χ2n) is 4.61. The third-order valence-corrected chi connectivity index (χ3v) is 3.44. The number of nitrogens with two attached hydrogens (primary N) is 1. The van der Waals surface area contributed by atoms with Crippen molar-refractivity contribution in [2.75, 3.05) is 7.11 Å². The van der Waals surface area contributed by atoms with Crippen LogP contribution in [-0.4, -0.2) is 7.11 Å². The molecule has 0 bridgehead atoms. The van der Waals surface area contributed by atoms with Gasteiger partial charge in [0, 0.05) is 17.7 Å². The highest BCUT2D eigenvalue weighted by Gasteiger charge is 2.14. The van der Waals surface area contributed by atoms with E-state index in [-0.39, 0.29) is 5.82 Å². The van der Waals surface area contributed by atoms with Crippen LogP contribution in [0.4, 0.5) is 4.39 Å². The summed E-state index contributed by atoms with van der Waals surface area (Å²) in [5, 5.41) is 0. The van der Waals surface area contributed by atoms with E-state index in [2.05, 4.69) is 0 Å². The fraction of sp³-hybridized carbons (Fsp3) is 0.250. The Morgan fingerprint density at radius 1 is 1.11 bits per heavy atom. The van der Waals surface area contributed by atoms with E-state index < -0.39 is 0 Å². The molecule has 0 aliphatic heterocycles. The Bertz CT molecular complexity index is 608. The highest BCUT2D eigenvalue weighted by atomic mass is 19.1. The molecule has 2 rings (SSSR count). The van der Waals surface area contributed by atoms with Crippen LogP contribution in [-0.2, 0) is 6.54 Å². The summed E-state index contributed by atoms with van der Waals surface area (Å²) in [5.41, 5.74) is 9.76. The van der Waals surface area contributed by atoms with E-state index in [0.717, 1.165) is 28.0 Å². The number of methoxy groups -OCH3 is 1. The molecule has 0 aliphatic rings. The molecule has 19 heavy (non-hydrogen) atoms. The molecule has 0 amide bonds. The molecule has 2 aromatic rings. The van der Waals surface area contributed by atoms with Gasteiger partial charge in [0.2, 0.25) is 0 Å². The standard InChI is InChI=1S/C16H18FNO/c1-10-4-6-14(16(19-3)11(10)2)13-7-5-12(9-18)8-15(13)17/h4-8H,9,18H2,1-3H3. The molecular formula is C16H18FNO. The fourth-order valence-electron chi connectivity index (χ4n) is 2.17. The maximum absolute atomic E-state index is 14.2. The number of hydrogen-bond donors (Lipinski definition) is 1. The topological polar surface area (TPSA) is 35.2 Å². The molecule has 0 saturated heterocycles. The lowest BCUT2D eigenvalue weighted by Gasteiger charge is -2.14. The van der Waals surface area contributed by atoms with Crippen molar-refractivity contribution in [1.82, 2.24) is 0 Å².